The number of nitrogens with one attached hydrogen (secondary N) is 1. The third-order valence-corrected chi connectivity index (χ3v) is 4.90. The molecular weight excluding hydrogens is 296 g/mol. The Morgan fingerprint density at radius 2 is 2.30 bits per heavy atom. The number of rotatable bonds is 5. The van der Waals surface area contributed by atoms with Crippen LogP contribution in [0.4, 0.5) is 0 Å². The van der Waals surface area contributed by atoms with Crippen molar-refractivity contribution >= 4 is 27.2 Å². The van der Waals surface area contributed by atoms with Gasteiger partial charge in [0.2, 0.25) is 10.0 Å². The summed E-state index contributed by atoms with van der Waals surface area (Å²) < 4.78 is 32.4. The minimum Gasteiger partial charge on any atom is -0.389 e. The molecule has 2 rings (SSSR count). The highest BCUT2D eigenvalue weighted by atomic mass is 32.2. The highest BCUT2D eigenvalue weighted by Gasteiger charge is 2.19. The van der Waals surface area contributed by atoms with E-state index in [2.05, 4.69) is 4.72 Å². The van der Waals surface area contributed by atoms with Gasteiger partial charge in [-0.25, -0.2) is 13.1 Å². The molecule has 0 amide bonds. The normalized spacial score (nSPS) is 19.7. The quantitative estimate of drug-likeness (QED) is 0.793. The Hall–Kier alpha value is -1.02. The Morgan fingerprint density at radius 3 is 2.95 bits per heavy atom. The average Bonchev–Trinajstić information content (AvgIpc) is 2.46. The summed E-state index contributed by atoms with van der Waals surface area (Å²) in [5.41, 5.74) is 6.06. The van der Waals surface area contributed by atoms with E-state index in [0.717, 1.165) is 19.4 Å². The number of thiocarbonyl (C=S) groups is 1. The second-order valence-corrected chi connectivity index (χ2v) is 7.03. The molecule has 1 saturated heterocycles. The van der Waals surface area contributed by atoms with Crippen LogP contribution in [0.15, 0.2) is 29.2 Å². The molecule has 5 nitrogen and oxygen atoms in total. The van der Waals surface area contributed by atoms with E-state index >= 15 is 0 Å². The van der Waals surface area contributed by atoms with Crippen LogP contribution in [0.2, 0.25) is 0 Å². The van der Waals surface area contributed by atoms with Crippen LogP contribution in [0.25, 0.3) is 0 Å². The molecule has 7 heteroatoms. The Balaban J connectivity index is 2.05. The third kappa shape index (κ3) is 3.99. The summed E-state index contributed by atoms with van der Waals surface area (Å²) in [7, 11) is -3.54. The predicted molar refractivity (Wildman–Crippen MR) is 81.1 cm³/mol. The summed E-state index contributed by atoms with van der Waals surface area (Å²) in [6.07, 6.45) is 1.96. The van der Waals surface area contributed by atoms with E-state index in [1.54, 1.807) is 12.1 Å². The molecule has 3 N–H and O–H groups in total. The minimum absolute atomic E-state index is 0.180. The minimum atomic E-state index is -3.54. The van der Waals surface area contributed by atoms with Gasteiger partial charge < -0.3 is 10.5 Å². The number of hydrogen-bond acceptors (Lipinski definition) is 4. The highest BCUT2D eigenvalue weighted by Crippen LogP contribution is 2.15. The lowest BCUT2D eigenvalue weighted by atomic mass is 10.0. The molecule has 110 valence electrons. The van der Waals surface area contributed by atoms with Gasteiger partial charge in [0, 0.05) is 18.7 Å². The van der Waals surface area contributed by atoms with Gasteiger partial charge in [0.05, 0.1) is 11.5 Å². The SMILES string of the molecule is NC(=S)c1cccc(S(=O)(=O)NCC2CCCOC2)c1. The zero-order valence-corrected chi connectivity index (χ0v) is 12.7. The van der Waals surface area contributed by atoms with E-state index < -0.39 is 10.0 Å². The first kappa shape index (κ1) is 15.4. The van der Waals surface area contributed by atoms with E-state index in [1.807, 2.05) is 0 Å². The van der Waals surface area contributed by atoms with Crippen LogP contribution >= 0.6 is 12.2 Å². The van der Waals surface area contributed by atoms with Crippen molar-refractivity contribution in [2.75, 3.05) is 19.8 Å². The van der Waals surface area contributed by atoms with Gasteiger partial charge in [-0.05, 0) is 30.9 Å². The first-order chi connectivity index (χ1) is 9.49. The maximum Gasteiger partial charge on any atom is 0.240 e. The van der Waals surface area contributed by atoms with Crippen LogP contribution in [0.5, 0.6) is 0 Å². The molecule has 1 aromatic carbocycles. The summed E-state index contributed by atoms with van der Waals surface area (Å²) in [5, 5.41) is 0. The fourth-order valence-electron chi connectivity index (χ4n) is 2.10. The number of benzene rings is 1. The summed E-state index contributed by atoms with van der Waals surface area (Å²) >= 11 is 4.86. The van der Waals surface area contributed by atoms with Crippen molar-refractivity contribution in [3.8, 4) is 0 Å². The van der Waals surface area contributed by atoms with Crippen molar-refractivity contribution in [1.29, 1.82) is 0 Å². The zero-order valence-electron chi connectivity index (χ0n) is 11.0. The van der Waals surface area contributed by atoms with Crippen molar-refractivity contribution in [2.45, 2.75) is 17.7 Å². The fourth-order valence-corrected chi connectivity index (χ4v) is 3.38. The van der Waals surface area contributed by atoms with E-state index in [0.29, 0.717) is 18.7 Å². The maximum absolute atomic E-state index is 12.2. The van der Waals surface area contributed by atoms with Gasteiger partial charge in [0.15, 0.2) is 0 Å². The smallest absolute Gasteiger partial charge is 0.240 e. The third-order valence-electron chi connectivity index (χ3n) is 3.25. The Bertz CT molecular complexity index is 581. The van der Waals surface area contributed by atoms with Gasteiger partial charge in [-0.2, -0.15) is 0 Å². The highest BCUT2D eigenvalue weighted by molar-refractivity contribution is 7.89. The molecule has 1 unspecified atom stereocenters. The van der Waals surface area contributed by atoms with Crippen LogP contribution in [0.1, 0.15) is 18.4 Å². The molecule has 0 spiro atoms. The fraction of sp³-hybridized carbons (Fsp3) is 0.462. The molecule has 0 radical (unpaired) electrons. The first-order valence-corrected chi connectivity index (χ1v) is 8.35. The predicted octanol–water partition coefficient (Wildman–Crippen LogP) is 1.03. The number of ether oxygens (including phenoxy) is 1. The van der Waals surface area contributed by atoms with Crippen molar-refractivity contribution in [2.24, 2.45) is 11.7 Å². The van der Waals surface area contributed by atoms with Gasteiger partial charge in [-0.3, -0.25) is 0 Å². The van der Waals surface area contributed by atoms with Crippen LogP contribution in [0, 0.1) is 5.92 Å². The molecule has 1 fully saturated rings. The molecule has 0 aromatic heterocycles. The molecule has 1 atom stereocenters. The molecular formula is C13H18N2O3S2. The van der Waals surface area contributed by atoms with Crippen molar-refractivity contribution in [3.05, 3.63) is 29.8 Å². The van der Waals surface area contributed by atoms with Gasteiger partial charge >= 0.3 is 0 Å². The van der Waals surface area contributed by atoms with Gasteiger partial charge in [-0.15, -0.1) is 0 Å². The van der Waals surface area contributed by atoms with Crippen LogP contribution in [0.3, 0.4) is 0 Å². The van der Waals surface area contributed by atoms with E-state index in [1.165, 1.54) is 12.1 Å². The van der Waals surface area contributed by atoms with E-state index in [-0.39, 0.29) is 15.8 Å². The van der Waals surface area contributed by atoms with Gasteiger partial charge in [0.25, 0.3) is 0 Å². The molecule has 1 heterocycles. The molecule has 1 aliphatic heterocycles. The first-order valence-electron chi connectivity index (χ1n) is 6.46. The Labute approximate surface area is 124 Å². The average molecular weight is 314 g/mol. The van der Waals surface area contributed by atoms with Gasteiger partial charge in [0.1, 0.15) is 4.99 Å². The van der Waals surface area contributed by atoms with Gasteiger partial charge in [-0.1, -0.05) is 24.4 Å². The molecule has 1 aliphatic rings. The van der Waals surface area contributed by atoms with Crippen molar-refractivity contribution < 1.29 is 13.2 Å². The molecule has 0 aliphatic carbocycles. The standard InChI is InChI=1S/C13H18N2O3S2/c14-13(19)11-4-1-5-12(7-11)20(16,17)15-8-10-3-2-6-18-9-10/h1,4-5,7,10,15H,2-3,6,8-9H2,(H2,14,19). The molecule has 0 saturated carbocycles. The number of sulfonamides is 1. The molecule has 20 heavy (non-hydrogen) atoms. The molecule has 1 aromatic rings. The summed E-state index contributed by atoms with van der Waals surface area (Å²) in [5.74, 6) is 0.234. The second-order valence-electron chi connectivity index (χ2n) is 4.83. The summed E-state index contributed by atoms with van der Waals surface area (Å²) in [6.45, 7) is 1.76. The van der Waals surface area contributed by atoms with Crippen LogP contribution < -0.4 is 10.5 Å². The molecule has 0 bridgehead atoms. The zero-order chi connectivity index (χ0) is 14.6. The largest absolute Gasteiger partial charge is 0.389 e. The van der Waals surface area contributed by atoms with E-state index in [4.69, 9.17) is 22.7 Å². The summed E-state index contributed by atoms with van der Waals surface area (Å²) in [4.78, 5) is 0.363. The Kier molecular flexibility index (Phi) is 5.09. The van der Waals surface area contributed by atoms with Crippen molar-refractivity contribution in [1.82, 2.24) is 4.72 Å². The topological polar surface area (TPSA) is 81.4 Å². The number of hydrogen-bond donors (Lipinski definition) is 2. The Morgan fingerprint density at radius 1 is 1.50 bits per heavy atom. The number of nitrogens with two attached hydrogens (primary N) is 1. The van der Waals surface area contributed by atoms with Crippen molar-refractivity contribution in [3.63, 3.8) is 0 Å². The van der Waals surface area contributed by atoms with Crippen LogP contribution in [-0.2, 0) is 14.8 Å². The maximum atomic E-state index is 12.2. The lowest BCUT2D eigenvalue weighted by molar-refractivity contribution is 0.0568. The second kappa shape index (κ2) is 6.62. The van der Waals surface area contributed by atoms with E-state index in [9.17, 15) is 8.42 Å². The lowest BCUT2D eigenvalue weighted by Gasteiger charge is -2.22. The summed E-state index contributed by atoms with van der Waals surface area (Å²) in [6, 6.07) is 6.34. The monoisotopic (exact) mass is 314 g/mol. The lowest BCUT2D eigenvalue weighted by Crippen LogP contribution is -2.33. The van der Waals surface area contributed by atoms with Crippen LogP contribution in [-0.4, -0.2) is 33.2 Å².